The van der Waals surface area contributed by atoms with Gasteiger partial charge in [0.1, 0.15) is 12.3 Å². The lowest BCUT2D eigenvalue weighted by Gasteiger charge is -2.21. The van der Waals surface area contributed by atoms with E-state index in [9.17, 15) is 18.0 Å². The molecule has 1 rings (SSSR count). The second-order valence-corrected chi connectivity index (χ2v) is 3.45. The second kappa shape index (κ2) is 4.52. The van der Waals surface area contributed by atoms with E-state index in [1.165, 1.54) is 7.05 Å². The van der Waals surface area contributed by atoms with Gasteiger partial charge in [0.05, 0.1) is 5.56 Å². The molecule has 0 aromatic heterocycles. The number of carboxylic acid groups (broad SMARTS) is 1. The van der Waals surface area contributed by atoms with Crippen LogP contribution >= 0.6 is 0 Å². The van der Waals surface area contributed by atoms with Crippen LogP contribution in [0.25, 0.3) is 0 Å². The molecule has 0 spiro atoms. The first-order chi connectivity index (χ1) is 7.71. The monoisotopic (exact) mass is 249 g/mol. The van der Waals surface area contributed by atoms with Gasteiger partial charge in [0.15, 0.2) is 0 Å². The third-order valence-corrected chi connectivity index (χ3v) is 2.07. The van der Waals surface area contributed by atoms with Gasteiger partial charge in [-0.3, -0.25) is 4.79 Å². The first-order valence-electron chi connectivity index (χ1n) is 4.55. The van der Waals surface area contributed by atoms with Crippen LogP contribution < -0.4 is 4.90 Å². The van der Waals surface area contributed by atoms with E-state index in [0.29, 0.717) is 6.07 Å². The van der Waals surface area contributed by atoms with Crippen LogP contribution in [0, 0.1) is 0 Å². The lowest BCUT2D eigenvalue weighted by atomic mass is 10.1. The summed E-state index contributed by atoms with van der Waals surface area (Å²) in [5, 5.41) is 17.6. The molecule has 0 aliphatic heterocycles. The van der Waals surface area contributed by atoms with Crippen molar-refractivity contribution in [3.05, 3.63) is 23.8 Å². The number of likely N-dealkylation sites (N-methyl/N-ethyl adjacent to an activating group) is 1. The van der Waals surface area contributed by atoms with Crippen molar-refractivity contribution in [2.24, 2.45) is 0 Å². The van der Waals surface area contributed by atoms with Crippen molar-refractivity contribution in [2.75, 3.05) is 18.5 Å². The van der Waals surface area contributed by atoms with Crippen LogP contribution in [0.4, 0.5) is 18.9 Å². The number of aliphatic carboxylic acids is 1. The minimum atomic E-state index is -4.65. The number of benzene rings is 1. The van der Waals surface area contributed by atoms with Gasteiger partial charge in [-0.25, -0.2) is 0 Å². The molecule has 0 radical (unpaired) electrons. The molecular formula is C10H10F3NO3. The van der Waals surface area contributed by atoms with Crippen LogP contribution in [0.1, 0.15) is 5.56 Å². The van der Waals surface area contributed by atoms with E-state index >= 15 is 0 Å². The van der Waals surface area contributed by atoms with Gasteiger partial charge in [0, 0.05) is 12.7 Å². The van der Waals surface area contributed by atoms with Gasteiger partial charge in [-0.15, -0.1) is 0 Å². The Morgan fingerprint density at radius 2 is 2.00 bits per heavy atom. The van der Waals surface area contributed by atoms with Crippen LogP contribution in [0.15, 0.2) is 18.2 Å². The molecule has 0 aliphatic carbocycles. The lowest BCUT2D eigenvalue weighted by molar-refractivity contribution is -0.138. The van der Waals surface area contributed by atoms with Gasteiger partial charge in [-0.2, -0.15) is 13.2 Å². The van der Waals surface area contributed by atoms with Crippen molar-refractivity contribution in [1.29, 1.82) is 0 Å². The van der Waals surface area contributed by atoms with E-state index in [1.54, 1.807) is 0 Å². The molecule has 17 heavy (non-hydrogen) atoms. The maximum atomic E-state index is 12.6. The Morgan fingerprint density at radius 1 is 1.41 bits per heavy atom. The van der Waals surface area contributed by atoms with E-state index in [4.69, 9.17) is 10.2 Å². The minimum absolute atomic E-state index is 0.294. The number of rotatable bonds is 3. The van der Waals surface area contributed by atoms with E-state index in [0.717, 1.165) is 17.0 Å². The first-order valence-corrected chi connectivity index (χ1v) is 4.55. The van der Waals surface area contributed by atoms with Gasteiger partial charge in [0.2, 0.25) is 0 Å². The summed E-state index contributed by atoms with van der Waals surface area (Å²) in [6, 6.07) is 2.66. The number of hydrogen-bond acceptors (Lipinski definition) is 3. The fraction of sp³-hybridized carbons (Fsp3) is 0.300. The van der Waals surface area contributed by atoms with Crippen LogP contribution in [0.2, 0.25) is 0 Å². The lowest BCUT2D eigenvalue weighted by Crippen LogP contribution is -2.27. The molecule has 0 bridgehead atoms. The van der Waals surface area contributed by atoms with Crippen molar-refractivity contribution in [3.8, 4) is 5.75 Å². The molecule has 0 unspecified atom stereocenters. The quantitative estimate of drug-likeness (QED) is 0.859. The highest BCUT2D eigenvalue weighted by molar-refractivity contribution is 5.74. The number of alkyl halides is 3. The van der Waals surface area contributed by atoms with Gasteiger partial charge in [-0.05, 0) is 18.2 Å². The Kier molecular flexibility index (Phi) is 3.50. The highest BCUT2D eigenvalue weighted by Gasteiger charge is 2.35. The first kappa shape index (κ1) is 13.1. The van der Waals surface area contributed by atoms with Crippen LogP contribution in [-0.4, -0.2) is 29.8 Å². The molecule has 0 fully saturated rings. The zero-order valence-electron chi connectivity index (χ0n) is 8.82. The third-order valence-electron chi connectivity index (χ3n) is 2.07. The zero-order chi connectivity index (χ0) is 13.2. The number of phenols is 1. The number of anilines is 1. The second-order valence-electron chi connectivity index (χ2n) is 3.45. The van der Waals surface area contributed by atoms with E-state index in [2.05, 4.69) is 0 Å². The number of carbonyl (C=O) groups is 1. The molecule has 4 nitrogen and oxygen atoms in total. The Balaban J connectivity index is 3.19. The largest absolute Gasteiger partial charge is 0.508 e. The van der Waals surface area contributed by atoms with Crippen molar-refractivity contribution < 1.29 is 28.2 Å². The molecule has 0 atom stereocenters. The smallest absolute Gasteiger partial charge is 0.418 e. The summed E-state index contributed by atoms with van der Waals surface area (Å²) < 4.78 is 37.9. The summed E-state index contributed by atoms with van der Waals surface area (Å²) in [7, 11) is 1.23. The number of halogens is 3. The zero-order valence-corrected chi connectivity index (χ0v) is 8.82. The topological polar surface area (TPSA) is 60.8 Å². The molecule has 0 amide bonds. The molecule has 0 aliphatic rings. The van der Waals surface area contributed by atoms with E-state index in [1.807, 2.05) is 0 Å². The molecule has 0 heterocycles. The number of phenolic OH excluding ortho intramolecular Hbond substituents is 1. The van der Waals surface area contributed by atoms with Crippen LogP contribution in [-0.2, 0) is 11.0 Å². The molecule has 1 aromatic carbocycles. The maximum Gasteiger partial charge on any atom is 0.418 e. The summed E-state index contributed by atoms with van der Waals surface area (Å²) in [5.41, 5.74) is -1.36. The van der Waals surface area contributed by atoms with Crippen LogP contribution in [0.3, 0.4) is 0 Å². The summed E-state index contributed by atoms with van der Waals surface area (Å²) in [6.45, 7) is -0.562. The van der Waals surface area contributed by atoms with E-state index in [-0.39, 0.29) is 5.69 Å². The molecule has 2 N–H and O–H groups in total. The standard InChI is InChI=1S/C10H10F3NO3/c1-14(5-9(16)17)8-3-2-6(15)4-7(8)10(11,12)13/h2-4,15H,5H2,1H3,(H,16,17). The van der Waals surface area contributed by atoms with Crippen molar-refractivity contribution in [1.82, 2.24) is 0 Å². The molecule has 7 heteroatoms. The number of carboxylic acids is 1. The average Bonchev–Trinajstić information content (AvgIpc) is 2.14. The number of aromatic hydroxyl groups is 1. The Labute approximate surface area is 94.9 Å². The normalized spacial score (nSPS) is 11.3. The predicted molar refractivity (Wildman–Crippen MR) is 54.0 cm³/mol. The Hall–Kier alpha value is -1.92. The van der Waals surface area contributed by atoms with E-state index < -0.39 is 30.0 Å². The molecule has 1 aromatic rings. The average molecular weight is 249 g/mol. The summed E-state index contributed by atoms with van der Waals surface area (Å²) in [5.74, 6) is -1.77. The van der Waals surface area contributed by atoms with Gasteiger partial charge >= 0.3 is 12.1 Å². The predicted octanol–water partition coefficient (Wildman–Crippen LogP) is 1.93. The summed E-state index contributed by atoms with van der Waals surface area (Å²) in [4.78, 5) is 11.4. The van der Waals surface area contributed by atoms with Gasteiger partial charge in [-0.1, -0.05) is 0 Å². The fourth-order valence-electron chi connectivity index (χ4n) is 1.37. The van der Waals surface area contributed by atoms with Crippen LogP contribution in [0.5, 0.6) is 5.75 Å². The third kappa shape index (κ3) is 3.27. The Bertz CT molecular complexity index is 431. The number of hydrogen-bond donors (Lipinski definition) is 2. The van der Waals surface area contributed by atoms with Gasteiger partial charge in [0.25, 0.3) is 0 Å². The fourth-order valence-corrected chi connectivity index (χ4v) is 1.37. The summed E-state index contributed by atoms with van der Waals surface area (Å²) in [6.07, 6.45) is -4.65. The highest BCUT2D eigenvalue weighted by atomic mass is 19.4. The Morgan fingerprint density at radius 3 is 2.47 bits per heavy atom. The molecular weight excluding hydrogens is 239 g/mol. The van der Waals surface area contributed by atoms with Crippen molar-refractivity contribution >= 4 is 11.7 Å². The van der Waals surface area contributed by atoms with Gasteiger partial charge < -0.3 is 15.1 Å². The van der Waals surface area contributed by atoms with Crippen molar-refractivity contribution in [3.63, 3.8) is 0 Å². The highest BCUT2D eigenvalue weighted by Crippen LogP contribution is 2.38. The maximum absolute atomic E-state index is 12.6. The minimum Gasteiger partial charge on any atom is -0.508 e. The molecule has 94 valence electrons. The SMILES string of the molecule is CN(CC(=O)O)c1ccc(O)cc1C(F)(F)F. The molecule has 0 saturated heterocycles. The molecule has 0 saturated carbocycles. The van der Waals surface area contributed by atoms with Crippen molar-refractivity contribution in [2.45, 2.75) is 6.18 Å². The number of nitrogens with zero attached hydrogens (tertiary/aromatic N) is 1. The summed E-state index contributed by atoms with van der Waals surface area (Å²) >= 11 is 0.